The zero-order valence-electron chi connectivity index (χ0n) is 7.90. The highest BCUT2D eigenvalue weighted by Crippen LogP contribution is 2.26. The van der Waals surface area contributed by atoms with Crippen molar-refractivity contribution < 1.29 is 5.11 Å². The number of rotatable bonds is 4. The molecule has 2 heteroatoms. The molecule has 1 unspecified atom stereocenters. The Morgan fingerprint density at radius 1 is 1.62 bits per heavy atom. The lowest BCUT2D eigenvalue weighted by Gasteiger charge is -2.24. The van der Waals surface area contributed by atoms with Crippen LogP contribution < -0.4 is 0 Å². The molecule has 0 amide bonds. The molecule has 1 aromatic rings. The Kier molecular flexibility index (Phi) is 3.20. The van der Waals surface area contributed by atoms with Gasteiger partial charge in [0.15, 0.2) is 0 Å². The molecule has 0 aromatic carbocycles. The van der Waals surface area contributed by atoms with Gasteiger partial charge in [-0.15, -0.1) is 6.58 Å². The van der Waals surface area contributed by atoms with Crippen LogP contribution in [0, 0.1) is 0 Å². The lowest BCUT2D eigenvalue weighted by Crippen LogP contribution is -2.24. The molecule has 0 saturated heterocycles. The minimum atomic E-state index is -0.844. The molecule has 0 saturated carbocycles. The summed E-state index contributed by atoms with van der Waals surface area (Å²) >= 11 is 0. The van der Waals surface area contributed by atoms with Gasteiger partial charge in [-0.1, -0.05) is 19.1 Å². The minimum Gasteiger partial charge on any atom is -0.383 e. The lowest BCUT2D eigenvalue weighted by molar-refractivity contribution is 0.0312. The topological polar surface area (TPSA) is 33.1 Å². The summed E-state index contributed by atoms with van der Waals surface area (Å²) in [7, 11) is 0. The predicted octanol–water partition coefficient (Wildman–Crippen LogP) is 2.26. The molecular formula is C11H15NO. The fraction of sp³-hybridized carbons (Fsp3) is 0.364. The third-order valence-corrected chi connectivity index (χ3v) is 2.21. The van der Waals surface area contributed by atoms with Gasteiger partial charge in [-0.25, -0.2) is 0 Å². The second kappa shape index (κ2) is 4.19. The Bertz CT molecular complexity index is 271. The van der Waals surface area contributed by atoms with Crippen LogP contribution in [-0.4, -0.2) is 10.1 Å². The number of aliphatic hydroxyl groups is 1. The van der Waals surface area contributed by atoms with E-state index < -0.39 is 5.60 Å². The normalized spacial score (nSPS) is 14.9. The van der Waals surface area contributed by atoms with Crippen molar-refractivity contribution in [2.24, 2.45) is 0 Å². The van der Waals surface area contributed by atoms with E-state index in [1.54, 1.807) is 12.3 Å². The van der Waals surface area contributed by atoms with E-state index in [1.165, 1.54) is 0 Å². The summed E-state index contributed by atoms with van der Waals surface area (Å²) in [4.78, 5) is 4.14. The van der Waals surface area contributed by atoms with Crippen LogP contribution in [0.5, 0.6) is 0 Å². The first-order chi connectivity index (χ1) is 6.23. The molecular weight excluding hydrogens is 162 g/mol. The zero-order chi connectivity index (χ0) is 9.73. The molecule has 0 aliphatic rings. The quantitative estimate of drug-likeness (QED) is 0.715. The fourth-order valence-electron chi connectivity index (χ4n) is 1.31. The molecule has 0 fully saturated rings. The third kappa shape index (κ3) is 2.16. The molecule has 1 rings (SSSR count). The van der Waals surface area contributed by atoms with Crippen molar-refractivity contribution in [3.05, 3.63) is 42.7 Å². The van der Waals surface area contributed by atoms with Gasteiger partial charge in [-0.3, -0.25) is 4.98 Å². The first-order valence-electron chi connectivity index (χ1n) is 4.47. The molecule has 2 nitrogen and oxygen atoms in total. The van der Waals surface area contributed by atoms with Crippen LogP contribution in [0.2, 0.25) is 0 Å². The average molecular weight is 177 g/mol. The smallest absolute Gasteiger partial charge is 0.110 e. The van der Waals surface area contributed by atoms with Crippen LogP contribution in [-0.2, 0) is 5.60 Å². The molecule has 13 heavy (non-hydrogen) atoms. The number of aromatic nitrogens is 1. The number of nitrogens with zero attached hydrogens (tertiary/aromatic N) is 1. The van der Waals surface area contributed by atoms with Crippen molar-refractivity contribution >= 4 is 0 Å². The average Bonchev–Trinajstić information content (AvgIpc) is 2.19. The van der Waals surface area contributed by atoms with Gasteiger partial charge >= 0.3 is 0 Å². The van der Waals surface area contributed by atoms with Crippen molar-refractivity contribution in [2.45, 2.75) is 25.4 Å². The van der Waals surface area contributed by atoms with Gasteiger partial charge in [0.1, 0.15) is 5.60 Å². The maximum absolute atomic E-state index is 10.2. The second-order valence-electron chi connectivity index (χ2n) is 3.09. The summed E-state index contributed by atoms with van der Waals surface area (Å²) in [6.07, 6.45) is 4.60. The van der Waals surface area contributed by atoms with E-state index in [-0.39, 0.29) is 0 Å². The van der Waals surface area contributed by atoms with Crippen LogP contribution in [0.25, 0.3) is 0 Å². The Labute approximate surface area is 78.9 Å². The van der Waals surface area contributed by atoms with E-state index in [2.05, 4.69) is 11.6 Å². The highest BCUT2D eigenvalue weighted by molar-refractivity contribution is 5.13. The number of hydrogen-bond acceptors (Lipinski definition) is 2. The molecule has 70 valence electrons. The predicted molar refractivity (Wildman–Crippen MR) is 53.2 cm³/mol. The first-order valence-corrected chi connectivity index (χ1v) is 4.47. The van der Waals surface area contributed by atoms with E-state index >= 15 is 0 Å². The summed E-state index contributed by atoms with van der Waals surface area (Å²) < 4.78 is 0. The van der Waals surface area contributed by atoms with Gasteiger partial charge in [-0.2, -0.15) is 0 Å². The molecule has 1 aromatic heterocycles. The molecule has 0 bridgehead atoms. The van der Waals surface area contributed by atoms with Gasteiger partial charge in [0.25, 0.3) is 0 Å². The summed E-state index contributed by atoms with van der Waals surface area (Å²) in [6.45, 7) is 5.57. The van der Waals surface area contributed by atoms with Crippen molar-refractivity contribution in [1.29, 1.82) is 0 Å². The summed E-state index contributed by atoms with van der Waals surface area (Å²) in [5.74, 6) is 0. The van der Waals surface area contributed by atoms with Gasteiger partial charge in [0, 0.05) is 6.20 Å². The Hall–Kier alpha value is -1.15. The van der Waals surface area contributed by atoms with Gasteiger partial charge in [0.05, 0.1) is 5.69 Å². The first kappa shape index (κ1) is 9.93. The Balaban J connectivity index is 2.95. The van der Waals surface area contributed by atoms with E-state index in [9.17, 15) is 5.11 Å². The minimum absolute atomic E-state index is 0.542. The van der Waals surface area contributed by atoms with E-state index in [1.807, 2.05) is 25.1 Å². The molecule has 0 aliphatic carbocycles. The Morgan fingerprint density at radius 2 is 2.38 bits per heavy atom. The van der Waals surface area contributed by atoms with E-state index in [0.717, 1.165) is 5.69 Å². The third-order valence-electron chi connectivity index (χ3n) is 2.21. The molecule has 1 heterocycles. The largest absolute Gasteiger partial charge is 0.383 e. The highest BCUT2D eigenvalue weighted by atomic mass is 16.3. The zero-order valence-corrected chi connectivity index (χ0v) is 7.90. The highest BCUT2D eigenvalue weighted by Gasteiger charge is 2.26. The molecule has 1 atom stereocenters. The lowest BCUT2D eigenvalue weighted by atomic mass is 9.92. The number of hydrogen-bond donors (Lipinski definition) is 1. The standard InChI is InChI=1S/C11H15NO/c1-3-8-11(13,4-2)10-7-5-6-9-12-10/h3,5-7,9,13H,1,4,8H2,2H3. The van der Waals surface area contributed by atoms with Gasteiger partial charge < -0.3 is 5.11 Å². The van der Waals surface area contributed by atoms with E-state index in [4.69, 9.17) is 0 Å². The summed E-state index contributed by atoms with van der Waals surface area (Å²) in [5, 5.41) is 10.2. The van der Waals surface area contributed by atoms with Crippen LogP contribution in [0.3, 0.4) is 0 Å². The van der Waals surface area contributed by atoms with Crippen LogP contribution in [0.1, 0.15) is 25.5 Å². The molecule has 0 spiro atoms. The maximum atomic E-state index is 10.2. The Morgan fingerprint density at radius 3 is 2.85 bits per heavy atom. The van der Waals surface area contributed by atoms with Crippen LogP contribution >= 0.6 is 0 Å². The van der Waals surface area contributed by atoms with Crippen molar-refractivity contribution in [1.82, 2.24) is 4.98 Å². The summed E-state index contributed by atoms with van der Waals surface area (Å²) in [6, 6.07) is 5.56. The summed E-state index contributed by atoms with van der Waals surface area (Å²) in [5.41, 5.74) is -0.124. The van der Waals surface area contributed by atoms with Crippen LogP contribution in [0.4, 0.5) is 0 Å². The fourth-order valence-corrected chi connectivity index (χ4v) is 1.31. The van der Waals surface area contributed by atoms with Crippen molar-refractivity contribution in [2.75, 3.05) is 0 Å². The molecule has 0 aliphatic heterocycles. The van der Waals surface area contributed by atoms with Crippen molar-refractivity contribution in [3.8, 4) is 0 Å². The van der Waals surface area contributed by atoms with Gasteiger partial charge in [-0.05, 0) is 25.0 Å². The van der Waals surface area contributed by atoms with E-state index in [0.29, 0.717) is 12.8 Å². The van der Waals surface area contributed by atoms with Gasteiger partial charge in [0.2, 0.25) is 0 Å². The molecule has 1 N–H and O–H groups in total. The van der Waals surface area contributed by atoms with Crippen molar-refractivity contribution in [3.63, 3.8) is 0 Å². The monoisotopic (exact) mass is 177 g/mol. The molecule has 0 radical (unpaired) electrons. The van der Waals surface area contributed by atoms with Crippen LogP contribution in [0.15, 0.2) is 37.1 Å². The SMILES string of the molecule is C=CCC(O)(CC)c1ccccn1. The second-order valence-corrected chi connectivity index (χ2v) is 3.09. The number of pyridine rings is 1. The maximum Gasteiger partial charge on any atom is 0.110 e.